The first kappa shape index (κ1) is 30.4. The van der Waals surface area contributed by atoms with Gasteiger partial charge in [0.25, 0.3) is 0 Å². The van der Waals surface area contributed by atoms with Gasteiger partial charge in [-0.2, -0.15) is 0 Å². The summed E-state index contributed by atoms with van der Waals surface area (Å²) in [5.41, 5.74) is 1.13. The lowest BCUT2D eigenvalue weighted by Gasteiger charge is -2.34. The maximum Gasteiger partial charge on any atom is 0.243 e. The molecule has 0 radical (unpaired) electrons. The summed E-state index contributed by atoms with van der Waals surface area (Å²) >= 11 is 20.6. The molecule has 0 unspecified atom stereocenters. The number of amides is 2. The average molecular weight is 592 g/mol. The van der Waals surface area contributed by atoms with Gasteiger partial charge in [0, 0.05) is 50.5 Å². The van der Waals surface area contributed by atoms with Gasteiger partial charge in [-0.3, -0.25) is 9.59 Å². The molecule has 3 aromatic rings. The minimum Gasteiger partial charge on any atom is -0.350 e. The fraction of sp³-hybridized carbons (Fsp3) is 0.333. The summed E-state index contributed by atoms with van der Waals surface area (Å²) in [5.74, 6) is 0.419. The number of hydrogen-bond acceptors (Lipinski definition) is 3. The SMILES string of the molecule is CC(C)(C)NC(=O)[C@H](Cc1ccccc1)N(Cc1c(Cl)cccc1Cl)C(=O)CCCSc1ccc(Cl)cc1. The van der Waals surface area contributed by atoms with Crippen molar-refractivity contribution in [2.45, 2.75) is 63.1 Å². The second kappa shape index (κ2) is 14.3. The molecule has 3 aromatic carbocycles. The molecule has 0 aliphatic rings. The molecule has 0 aliphatic carbocycles. The molecule has 0 bridgehead atoms. The van der Waals surface area contributed by atoms with E-state index in [1.807, 2.05) is 75.4 Å². The molecule has 2 amide bonds. The smallest absolute Gasteiger partial charge is 0.243 e. The van der Waals surface area contributed by atoms with E-state index in [2.05, 4.69) is 5.32 Å². The van der Waals surface area contributed by atoms with E-state index in [-0.39, 0.29) is 24.8 Å². The second-order valence-electron chi connectivity index (χ2n) is 10.1. The number of thioether (sulfide) groups is 1. The van der Waals surface area contributed by atoms with Gasteiger partial charge in [0.05, 0.1) is 0 Å². The van der Waals surface area contributed by atoms with Crippen LogP contribution in [0.15, 0.2) is 77.7 Å². The zero-order chi connectivity index (χ0) is 27.7. The maximum atomic E-state index is 13.8. The fourth-order valence-electron chi connectivity index (χ4n) is 3.95. The van der Waals surface area contributed by atoms with Crippen LogP contribution in [0.1, 0.15) is 44.7 Å². The molecule has 0 heterocycles. The van der Waals surface area contributed by atoms with E-state index < -0.39 is 11.6 Å². The quantitative estimate of drug-likeness (QED) is 0.181. The molecule has 3 rings (SSSR count). The van der Waals surface area contributed by atoms with Crippen LogP contribution in [0, 0.1) is 0 Å². The largest absolute Gasteiger partial charge is 0.350 e. The van der Waals surface area contributed by atoms with Crippen molar-refractivity contribution < 1.29 is 9.59 Å². The summed E-state index contributed by atoms with van der Waals surface area (Å²) in [6.07, 6.45) is 1.31. The molecule has 0 aromatic heterocycles. The van der Waals surface area contributed by atoms with Crippen LogP contribution in [-0.4, -0.2) is 34.0 Å². The van der Waals surface area contributed by atoms with Crippen molar-refractivity contribution in [2.24, 2.45) is 0 Å². The fourth-order valence-corrected chi connectivity index (χ4v) is 5.44. The highest BCUT2D eigenvalue weighted by Crippen LogP contribution is 2.28. The van der Waals surface area contributed by atoms with Gasteiger partial charge in [0.1, 0.15) is 6.04 Å². The van der Waals surface area contributed by atoms with E-state index in [1.165, 1.54) is 0 Å². The lowest BCUT2D eigenvalue weighted by atomic mass is 10.00. The van der Waals surface area contributed by atoms with Gasteiger partial charge in [-0.05, 0) is 74.9 Å². The Bertz CT molecular complexity index is 1190. The summed E-state index contributed by atoms with van der Waals surface area (Å²) in [6.45, 7) is 5.91. The van der Waals surface area contributed by atoms with Crippen molar-refractivity contribution in [3.63, 3.8) is 0 Å². The molecule has 0 aliphatic heterocycles. The summed E-state index contributed by atoms with van der Waals surface area (Å²) in [7, 11) is 0. The number of carbonyl (C=O) groups is 2. The van der Waals surface area contributed by atoms with Gasteiger partial charge in [0.15, 0.2) is 0 Å². The highest BCUT2D eigenvalue weighted by molar-refractivity contribution is 7.99. The molecular formula is C30H33Cl3N2O2S. The predicted molar refractivity (Wildman–Crippen MR) is 160 cm³/mol. The Morgan fingerprint density at radius 2 is 1.53 bits per heavy atom. The Morgan fingerprint density at radius 1 is 0.895 bits per heavy atom. The zero-order valence-corrected chi connectivity index (χ0v) is 24.9. The summed E-state index contributed by atoms with van der Waals surface area (Å²) in [4.78, 5) is 30.1. The van der Waals surface area contributed by atoms with E-state index >= 15 is 0 Å². The number of nitrogens with one attached hydrogen (secondary N) is 1. The Morgan fingerprint density at radius 3 is 2.13 bits per heavy atom. The van der Waals surface area contributed by atoms with Crippen LogP contribution in [0.2, 0.25) is 15.1 Å². The number of halogens is 3. The zero-order valence-electron chi connectivity index (χ0n) is 21.8. The minimum absolute atomic E-state index is 0.123. The summed E-state index contributed by atoms with van der Waals surface area (Å²) in [6, 6.07) is 21.9. The average Bonchev–Trinajstić information content (AvgIpc) is 2.86. The summed E-state index contributed by atoms with van der Waals surface area (Å²) < 4.78 is 0. The molecular weight excluding hydrogens is 559 g/mol. The molecule has 1 atom stereocenters. The van der Waals surface area contributed by atoms with Crippen LogP contribution in [0.5, 0.6) is 0 Å². The van der Waals surface area contributed by atoms with Gasteiger partial charge in [-0.25, -0.2) is 0 Å². The van der Waals surface area contributed by atoms with Crippen LogP contribution in [0.25, 0.3) is 0 Å². The highest BCUT2D eigenvalue weighted by Gasteiger charge is 2.32. The van der Waals surface area contributed by atoms with E-state index in [0.717, 1.165) is 16.2 Å². The van der Waals surface area contributed by atoms with Gasteiger partial charge >= 0.3 is 0 Å². The number of rotatable bonds is 11. The standard InChI is InChI=1S/C30H33Cl3N2O2S/c1-30(2,3)34-29(37)27(19-21-9-5-4-6-10-21)35(20-24-25(32)11-7-12-26(24)33)28(36)13-8-18-38-23-16-14-22(31)15-17-23/h4-7,9-12,14-17,27H,8,13,18-20H2,1-3H3,(H,34,37)/t27-/m0/s1. The van der Waals surface area contributed by atoms with E-state index in [9.17, 15) is 9.59 Å². The van der Waals surface area contributed by atoms with E-state index in [0.29, 0.717) is 33.5 Å². The first-order valence-corrected chi connectivity index (χ1v) is 14.6. The highest BCUT2D eigenvalue weighted by atomic mass is 35.5. The van der Waals surface area contributed by atoms with Crippen LogP contribution in [0.3, 0.4) is 0 Å². The maximum absolute atomic E-state index is 13.8. The first-order valence-electron chi connectivity index (χ1n) is 12.5. The molecule has 0 spiro atoms. The molecule has 4 nitrogen and oxygen atoms in total. The molecule has 0 saturated heterocycles. The number of benzene rings is 3. The van der Waals surface area contributed by atoms with Crippen molar-refractivity contribution >= 4 is 58.4 Å². The predicted octanol–water partition coefficient (Wildman–Crippen LogP) is 8.07. The number of hydrogen-bond donors (Lipinski definition) is 1. The van der Waals surface area contributed by atoms with Crippen molar-refractivity contribution in [1.29, 1.82) is 0 Å². The Kier molecular flexibility index (Phi) is 11.4. The Labute approximate surface area is 245 Å². The normalized spacial score (nSPS) is 12.2. The molecule has 1 N–H and O–H groups in total. The molecule has 0 saturated carbocycles. The topological polar surface area (TPSA) is 49.4 Å². The van der Waals surface area contributed by atoms with Crippen LogP contribution in [0.4, 0.5) is 0 Å². The Hall–Kier alpha value is -2.18. The number of carbonyl (C=O) groups excluding carboxylic acids is 2. The first-order chi connectivity index (χ1) is 18.0. The lowest BCUT2D eigenvalue weighted by Crippen LogP contribution is -2.54. The third kappa shape index (κ3) is 9.53. The van der Waals surface area contributed by atoms with Crippen molar-refractivity contribution in [1.82, 2.24) is 10.2 Å². The van der Waals surface area contributed by atoms with Gasteiger partial charge in [-0.1, -0.05) is 71.2 Å². The second-order valence-corrected chi connectivity index (χ2v) is 12.5. The lowest BCUT2D eigenvalue weighted by molar-refractivity contribution is -0.142. The van der Waals surface area contributed by atoms with Crippen molar-refractivity contribution in [3.8, 4) is 0 Å². The third-order valence-corrected chi connectivity index (χ3v) is 7.84. The summed E-state index contributed by atoms with van der Waals surface area (Å²) in [5, 5.41) is 4.68. The monoisotopic (exact) mass is 590 g/mol. The van der Waals surface area contributed by atoms with Crippen LogP contribution in [-0.2, 0) is 22.6 Å². The van der Waals surface area contributed by atoms with Gasteiger partial charge in [-0.15, -0.1) is 11.8 Å². The molecule has 0 fully saturated rings. The Balaban J connectivity index is 1.85. The third-order valence-electron chi connectivity index (χ3n) is 5.78. The van der Waals surface area contributed by atoms with E-state index in [1.54, 1.807) is 34.9 Å². The van der Waals surface area contributed by atoms with Gasteiger partial charge in [0.2, 0.25) is 11.8 Å². The minimum atomic E-state index is -0.736. The van der Waals surface area contributed by atoms with E-state index in [4.69, 9.17) is 34.8 Å². The molecule has 202 valence electrons. The molecule has 38 heavy (non-hydrogen) atoms. The van der Waals surface area contributed by atoms with Crippen LogP contribution >= 0.6 is 46.6 Å². The number of nitrogens with zero attached hydrogens (tertiary/aromatic N) is 1. The molecule has 8 heteroatoms. The van der Waals surface area contributed by atoms with Crippen molar-refractivity contribution in [3.05, 3.63) is 99.0 Å². The van der Waals surface area contributed by atoms with Crippen LogP contribution < -0.4 is 5.32 Å². The van der Waals surface area contributed by atoms with Crippen molar-refractivity contribution in [2.75, 3.05) is 5.75 Å². The van der Waals surface area contributed by atoms with Gasteiger partial charge < -0.3 is 10.2 Å².